The molecular weight excluding hydrogens is 452 g/mol. The van der Waals surface area contributed by atoms with Crippen LogP contribution in [0.25, 0.3) is 0 Å². The summed E-state index contributed by atoms with van der Waals surface area (Å²) in [6.45, 7) is 5.34. The molecule has 0 aliphatic carbocycles. The lowest BCUT2D eigenvalue weighted by molar-refractivity contribution is -0.153. The standard InChI is InChI=1S/C26H38N2O5S/c1-3-5-9-14-27-15-11-13-26-21(23(30)28(18(4-2)17-29)22(26)24(27)31)20-19(34-26)12-8-6-7-10-16-33-25(20)32/h8,11-13,18-22,29H,3-7,9-10,14-17H2,1-2H3/b12-8-/t18-,19-,20+,21-,22?,26-/m0/s1. The van der Waals surface area contributed by atoms with Crippen LogP contribution >= 0.6 is 11.8 Å². The topological polar surface area (TPSA) is 87.2 Å². The van der Waals surface area contributed by atoms with E-state index in [1.807, 2.05) is 24.0 Å². The number of aliphatic hydroxyl groups is 1. The summed E-state index contributed by atoms with van der Waals surface area (Å²) >= 11 is 1.57. The third-order valence-electron chi connectivity index (χ3n) is 7.73. The fourth-order valence-corrected chi connectivity index (χ4v) is 7.95. The number of unbranched alkanes of at least 4 members (excludes halogenated alkanes) is 2. The Hall–Kier alpha value is -1.80. The second kappa shape index (κ2) is 10.9. The van der Waals surface area contributed by atoms with E-state index in [-0.39, 0.29) is 29.6 Å². The lowest BCUT2D eigenvalue weighted by Crippen LogP contribution is -2.56. The van der Waals surface area contributed by atoms with Crippen molar-refractivity contribution in [2.24, 2.45) is 11.8 Å². The van der Waals surface area contributed by atoms with E-state index in [1.54, 1.807) is 16.7 Å². The van der Waals surface area contributed by atoms with Gasteiger partial charge in [-0.1, -0.05) is 51.0 Å². The van der Waals surface area contributed by atoms with Crippen molar-refractivity contribution in [2.45, 2.75) is 80.9 Å². The predicted octanol–water partition coefficient (Wildman–Crippen LogP) is 2.93. The van der Waals surface area contributed by atoms with Gasteiger partial charge in [0.1, 0.15) is 6.04 Å². The van der Waals surface area contributed by atoms with Crippen LogP contribution in [0.4, 0.5) is 0 Å². The van der Waals surface area contributed by atoms with Crippen molar-refractivity contribution >= 4 is 29.5 Å². The van der Waals surface area contributed by atoms with Crippen LogP contribution in [-0.2, 0) is 19.1 Å². The Labute approximate surface area is 206 Å². The highest BCUT2D eigenvalue weighted by atomic mass is 32.2. The Balaban J connectivity index is 1.78. The molecule has 4 aliphatic rings. The Bertz CT molecular complexity index is 841. The normalized spacial score (nSPS) is 35.3. The lowest BCUT2D eigenvalue weighted by atomic mass is 9.78. The van der Waals surface area contributed by atoms with Gasteiger partial charge in [-0.3, -0.25) is 14.4 Å². The number of aliphatic hydroxyl groups excluding tert-OH is 1. The average Bonchev–Trinajstić information content (AvgIpc) is 3.22. The van der Waals surface area contributed by atoms with Crippen molar-refractivity contribution < 1.29 is 24.2 Å². The molecule has 8 heteroatoms. The molecule has 6 atom stereocenters. The number of cyclic esters (lactones) is 1. The first-order valence-corrected chi connectivity index (χ1v) is 13.8. The van der Waals surface area contributed by atoms with Crippen LogP contribution in [0, 0.1) is 11.8 Å². The summed E-state index contributed by atoms with van der Waals surface area (Å²) in [4.78, 5) is 44.9. The van der Waals surface area contributed by atoms with Crippen LogP contribution in [0.5, 0.6) is 0 Å². The third-order valence-corrected chi connectivity index (χ3v) is 9.47. The van der Waals surface area contributed by atoms with E-state index in [0.717, 1.165) is 38.5 Å². The number of rotatable bonds is 7. The molecule has 1 unspecified atom stereocenters. The van der Waals surface area contributed by atoms with Gasteiger partial charge in [0.2, 0.25) is 11.8 Å². The number of hydrogen-bond acceptors (Lipinski definition) is 6. The minimum Gasteiger partial charge on any atom is -0.465 e. The van der Waals surface area contributed by atoms with Gasteiger partial charge in [0.25, 0.3) is 0 Å². The van der Waals surface area contributed by atoms with Crippen molar-refractivity contribution in [3.8, 4) is 0 Å². The van der Waals surface area contributed by atoms with Gasteiger partial charge in [-0.2, -0.15) is 0 Å². The Morgan fingerprint density at radius 1 is 1.18 bits per heavy atom. The SMILES string of the molecule is CCCCCN1CC=C[C@]23S[C@H]4/C=C\CCCCOC(=O)[C@H]4[C@H]2C(=O)N([C@@H](CC)CO)C3C1=O. The number of amides is 2. The molecule has 188 valence electrons. The first-order valence-electron chi connectivity index (χ1n) is 12.9. The van der Waals surface area contributed by atoms with Crippen LogP contribution in [0.2, 0.25) is 0 Å². The number of carbonyl (C=O) groups excluding carboxylic acids is 3. The number of likely N-dealkylation sites (tertiary alicyclic amines) is 1. The summed E-state index contributed by atoms with van der Waals surface area (Å²) in [6.07, 6.45) is 14.4. The number of thioether (sulfide) groups is 1. The molecule has 34 heavy (non-hydrogen) atoms. The number of allylic oxidation sites excluding steroid dienone is 1. The van der Waals surface area contributed by atoms with E-state index >= 15 is 0 Å². The molecule has 0 radical (unpaired) electrons. The molecule has 2 saturated heterocycles. The van der Waals surface area contributed by atoms with E-state index < -0.39 is 28.7 Å². The zero-order valence-corrected chi connectivity index (χ0v) is 21.2. The van der Waals surface area contributed by atoms with Crippen molar-refractivity contribution in [1.29, 1.82) is 0 Å². The van der Waals surface area contributed by atoms with Crippen LogP contribution in [0.1, 0.15) is 58.8 Å². The van der Waals surface area contributed by atoms with Gasteiger partial charge < -0.3 is 19.6 Å². The highest BCUT2D eigenvalue weighted by Gasteiger charge is 2.71. The molecule has 4 aliphatic heterocycles. The number of hydrogen-bond donors (Lipinski definition) is 1. The van der Waals surface area contributed by atoms with Crippen LogP contribution < -0.4 is 0 Å². The van der Waals surface area contributed by atoms with Crippen LogP contribution in [0.3, 0.4) is 0 Å². The maximum atomic E-state index is 14.0. The fourth-order valence-electron chi connectivity index (χ4n) is 5.96. The summed E-state index contributed by atoms with van der Waals surface area (Å²) in [6, 6.07) is -1.19. The van der Waals surface area contributed by atoms with Crippen molar-refractivity contribution in [1.82, 2.24) is 9.80 Å². The third kappa shape index (κ3) is 4.32. The molecule has 0 saturated carbocycles. The second-order valence-corrected chi connectivity index (χ2v) is 11.3. The first-order chi connectivity index (χ1) is 16.5. The molecule has 2 fully saturated rings. The van der Waals surface area contributed by atoms with Gasteiger partial charge in [0.05, 0.1) is 35.8 Å². The minimum absolute atomic E-state index is 0.0718. The number of fused-ring (bicyclic) bond motifs is 2. The summed E-state index contributed by atoms with van der Waals surface area (Å²) in [7, 11) is 0. The van der Waals surface area contributed by atoms with E-state index in [9.17, 15) is 19.5 Å². The Morgan fingerprint density at radius 2 is 2.00 bits per heavy atom. The molecule has 0 aromatic rings. The van der Waals surface area contributed by atoms with Gasteiger partial charge in [-0.15, -0.1) is 11.8 Å². The number of nitrogens with zero attached hydrogens (tertiary/aromatic N) is 2. The number of carbonyl (C=O) groups is 3. The van der Waals surface area contributed by atoms with Crippen molar-refractivity contribution in [2.75, 3.05) is 26.3 Å². The highest BCUT2D eigenvalue weighted by molar-refractivity contribution is 8.02. The first kappa shape index (κ1) is 25.3. The van der Waals surface area contributed by atoms with E-state index in [2.05, 4.69) is 19.1 Å². The zero-order chi connectivity index (χ0) is 24.3. The monoisotopic (exact) mass is 490 g/mol. The molecule has 0 aromatic carbocycles. The molecule has 0 aromatic heterocycles. The molecule has 1 N–H and O–H groups in total. The summed E-state index contributed by atoms with van der Waals surface area (Å²) in [5.41, 5.74) is 0. The number of ether oxygens (including phenoxy) is 1. The van der Waals surface area contributed by atoms with Crippen molar-refractivity contribution in [3.05, 3.63) is 24.3 Å². The molecule has 4 rings (SSSR count). The smallest absolute Gasteiger partial charge is 0.311 e. The zero-order valence-electron chi connectivity index (χ0n) is 20.4. The molecular formula is C26H38N2O5S. The largest absolute Gasteiger partial charge is 0.465 e. The second-order valence-electron chi connectivity index (χ2n) is 9.82. The molecule has 4 heterocycles. The maximum absolute atomic E-state index is 14.0. The summed E-state index contributed by atoms with van der Waals surface area (Å²) < 4.78 is 4.79. The molecule has 1 spiro atoms. The lowest BCUT2D eigenvalue weighted by Gasteiger charge is -2.38. The quantitative estimate of drug-likeness (QED) is 0.335. The summed E-state index contributed by atoms with van der Waals surface area (Å²) in [5, 5.41) is 9.92. The van der Waals surface area contributed by atoms with Crippen LogP contribution in [0.15, 0.2) is 24.3 Å². The number of esters is 1. The molecule has 2 amide bonds. The Morgan fingerprint density at radius 3 is 2.74 bits per heavy atom. The molecule has 7 nitrogen and oxygen atoms in total. The van der Waals surface area contributed by atoms with E-state index in [1.165, 1.54) is 0 Å². The predicted molar refractivity (Wildman–Crippen MR) is 132 cm³/mol. The van der Waals surface area contributed by atoms with Crippen LogP contribution in [-0.4, -0.2) is 81.1 Å². The van der Waals surface area contributed by atoms with Crippen molar-refractivity contribution in [3.63, 3.8) is 0 Å². The van der Waals surface area contributed by atoms with Gasteiger partial charge in [0.15, 0.2) is 0 Å². The average molecular weight is 491 g/mol. The highest BCUT2D eigenvalue weighted by Crippen LogP contribution is 2.61. The van der Waals surface area contributed by atoms with E-state index in [0.29, 0.717) is 26.1 Å². The van der Waals surface area contributed by atoms with Gasteiger partial charge in [-0.05, 0) is 32.1 Å². The van der Waals surface area contributed by atoms with E-state index in [4.69, 9.17) is 4.74 Å². The van der Waals surface area contributed by atoms with Gasteiger partial charge in [-0.25, -0.2) is 0 Å². The molecule has 0 bridgehead atoms. The van der Waals surface area contributed by atoms with Gasteiger partial charge in [0, 0.05) is 18.3 Å². The maximum Gasteiger partial charge on any atom is 0.311 e. The fraction of sp³-hybridized carbons (Fsp3) is 0.731. The summed E-state index contributed by atoms with van der Waals surface area (Å²) in [5.74, 6) is -1.94. The van der Waals surface area contributed by atoms with Gasteiger partial charge >= 0.3 is 5.97 Å². The Kier molecular flexibility index (Phi) is 8.08. The minimum atomic E-state index is -0.844.